The zero-order chi connectivity index (χ0) is 12.1. The SMILES string of the molecule is CCCC(CC(=O)O)c1ccc(Cl)c(N)c1. The zero-order valence-corrected chi connectivity index (χ0v) is 10.00. The van der Waals surface area contributed by atoms with Crippen LogP contribution in [-0.4, -0.2) is 11.1 Å². The normalized spacial score (nSPS) is 12.4. The summed E-state index contributed by atoms with van der Waals surface area (Å²) in [5.41, 5.74) is 7.16. The van der Waals surface area contributed by atoms with Gasteiger partial charge in [-0.2, -0.15) is 0 Å². The monoisotopic (exact) mass is 241 g/mol. The Morgan fingerprint density at radius 3 is 2.75 bits per heavy atom. The highest BCUT2D eigenvalue weighted by Crippen LogP contribution is 2.29. The number of halogens is 1. The molecule has 0 aliphatic carbocycles. The van der Waals surface area contributed by atoms with Gasteiger partial charge in [0.05, 0.1) is 17.1 Å². The lowest BCUT2D eigenvalue weighted by molar-refractivity contribution is -0.137. The number of carbonyl (C=O) groups is 1. The molecule has 1 aromatic rings. The van der Waals surface area contributed by atoms with Gasteiger partial charge in [0.15, 0.2) is 0 Å². The molecule has 88 valence electrons. The number of hydrogen-bond donors (Lipinski definition) is 2. The lowest BCUT2D eigenvalue weighted by Crippen LogP contribution is -2.06. The van der Waals surface area contributed by atoms with Crippen LogP contribution in [-0.2, 0) is 4.79 Å². The second-order valence-electron chi connectivity index (χ2n) is 3.86. The van der Waals surface area contributed by atoms with Crippen LogP contribution in [0.25, 0.3) is 0 Å². The number of anilines is 1. The minimum absolute atomic E-state index is 0.0158. The van der Waals surface area contributed by atoms with E-state index in [9.17, 15) is 4.79 Å². The summed E-state index contributed by atoms with van der Waals surface area (Å²) in [6.45, 7) is 2.04. The smallest absolute Gasteiger partial charge is 0.303 e. The Kier molecular flexibility index (Phi) is 4.62. The molecule has 0 fully saturated rings. The second kappa shape index (κ2) is 5.75. The minimum Gasteiger partial charge on any atom is -0.481 e. The topological polar surface area (TPSA) is 63.3 Å². The molecule has 1 rings (SSSR count). The van der Waals surface area contributed by atoms with E-state index in [-0.39, 0.29) is 12.3 Å². The van der Waals surface area contributed by atoms with Gasteiger partial charge in [0.1, 0.15) is 0 Å². The lowest BCUT2D eigenvalue weighted by atomic mass is 9.91. The first-order chi connectivity index (χ1) is 7.54. The Morgan fingerprint density at radius 2 is 2.25 bits per heavy atom. The number of carboxylic acids is 1. The third kappa shape index (κ3) is 3.42. The van der Waals surface area contributed by atoms with Gasteiger partial charge < -0.3 is 10.8 Å². The van der Waals surface area contributed by atoms with E-state index in [1.54, 1.807) is 12.1 Å². The average Bonchev–Trinajstić information content (AvgIpc) is 2.21. The number of hydrogen-bond acceptors (Lipinski definition) is 2. The molecule has 0 aromatic heterocycles. The van der Waals surface area contributed by atoms with Crippen LogP contribution < -0.4 is 5.73 Å². The molecule has 1 unspecified atom stereocenters. The molecule has 1 atom stereocenters. The van der Waals surface area contributed by atoms with Gasteiger partial charge in [0, 0.05) is 0 Å². The van der Waals surface area contributed by atoms with Crippen molar-refractivity contribution in [2.24, 2.45) is 0 Å². The molecule has 0 heterocycles. The number of rotatable bonds is 5. The van der Waals surface area contributed by atoms with Crippen LogP contribution in [0.4, 0.5) is 5.69 Å². The highest BCUT2D eigenvalue weighted by Gasteiger charge is 2.15. The zero-order valence-electron chi connectivity index (χ0n) is 9.24. The Morgan fingerprint density at radius 1 is 1.56 bits per heavy atom. The van der Waals surface area contributed by atoms with Gasteiger partial charge in [-0.15, -0.1) is 0 Å². The molecule has 0 saturated heterocycles. The van der Waals surface area contributed by atoms with Crippen molar-refractivity contribution in [2.45, 2.75) is 32.1 Å². The third-order valence-corrected chi connectivity index (χ3v) is 2.89. The number of aliphatic carboxylic acids is 1. The fourth-order valence-electron chi connectivity index (χ4n) is 1.76. The van der Waals surface area contributed by atoms with Crippen LogP contribution in [0.3, 0.4) is 0 Å². The van der Waals surface area contributed by atoms with Gasteiger partial charge in [-0.25, -0.2) is 0 Å². The fourth-order valence-corrected chi connectivity index (χ4v) is 1.88. The molecule has 3 nitrogen and oxygen atoms in total. The van der Waals surface area contributed by atoms with E-state index < -0.39 is 5.97 Å². The summed E-state index contributed by atoms with van der Waals surface area (Å²) in [6.07, 6.45) is 1.92. The fraction of sp³-hybridized carbons (Fsp3) is 0.417. The molecule has 16 heavy (non-hydrogen) atoms. The third-order valence-electron chi connectivity index (χ3n) is 2.55. The predicted molar refractivity (Wildman–Crippen MR) is 65.8 cm³/mol. The van der Waals surface area contributed by atoms with Gasteiger partial charge in [-0.3, -0.25) is 4.79 Å². The first-order valence-corrected chi connectivity index (χ1v) is 5.69. The highest BCUT2D eigenvalue weighted by atomic mass is 35.5. The molecule has 0 spiro atoms. The Hall–Kier alpha value is -1.22. The Balaban J connectivity index is 2.91. The van der Waals surface area contributed by atoms with Crippen molar-refractivity contribution in [3.05, 3.63) is 28.8 Å². The summed E-state index contributed by atoms with van der Waals surface area (Å²) >= 11 is 5.83. The first-order valence-electron chi connectivity index (χ1n) is 5.31. The summed E-state index contributed by atoms with van der Waals surface area (Å²) in [4.78, 5) is 10.8. The molecular weight excluding hydrogens is 226 g/mol. The maximum atomic E-state index is 10.8. The van der Waals surface area contributed by atoms with Crippen molar-refractivity contribution in [2.75, 3.05) is 5.73 Å². The van der Waals surface area contributed by atoms with Gasteiger partial charge in [0.25, 0.3) is 0 Å². The molecule has 0 aliphatic heterocycles. The van der Waals surface area contributed by atoms with E-state index in [2.05, 4.69) is 0 Å². The van der Waals surface area contributed by atoms with Crippen LogP contribution in [0, 0.1) is 0 Å². The molecule has 4 heteroatoms. The van der Waals surface area contributed by atoms with E-state index in [0.717, 1.165) is 18.4 Å². The Bertz CT molecular complexity index is 379. The number of nitrogen functional groups attached to an aromatic ring is 1. The largest absolute Gasteiger partial charge is 0.481 e. The van der Waals surface area contributed by atoms with E-state index in [4.69, 9.17) is 22.4 Å². The maximum absolute atomic E-state index is 10.8. The number of nitrogens with two attached hydrogens (primary N) is 1. The van der Waals surface area contributed by atoms with Crippen LogP contribution in [0.2, 0.25) is 5.02 Å². The van der Waals surface area contributed by atoms with Gasteiger partial charge in [-0.05, 0) is 30.0 Å². The molecule has 0 aliphatic rings. The van der Waals surface area contributed by atoms with Crippen molar-refractivity contribution in [1.29, 1.82) is 0 Å². The quantitative estimate of drug-likeness (QED) is 0.778. The van der Waals surface area contributed by atoms with Crippen LogP contribution in [0.15, 0.2) is 18.2 Å². The van der Waals surface area contributed by atoms with Crippen molar-refractivity contribution >= 4 is 23.3 Å². The van der Waals surface area contributed by atoms with Crippen LogP contribution >= 0.6 is 11.6 Å². The number of carboxylic acid groups (broad SMARTS) is 1. The molecule has 1 aromatic carbocycles. The summed E-state index contributed by atoms with van der Waals surface area (Å²) in [5.74, 6) is -0.769. The summed E-state index contributed by atoms with van der Waals surface area (Å²) in [5, 5.41) is 9.35. The molecular formula is C12H16ClNO2. The minimum atomic E-state index is -0.785. The van der Waals surface area contributed by atoms with Gasteiger partial charge >= 0.3 is 5.97 Å². The summed E-state index contributed by atoms with van der Waals surface area (Å²) < 4.78 is 0. The van der Waals surface area contributed by atoms with Crippen molar-refractivity contribution in [1.82, 2.24) is 0 Å². The summed E-state index contributed by atoms with van der Waals surface area (Å²) in [7, 11) is 0. The first kappa shape index (κ1) is 12.8. The molecule has 0 radical (unpaired) electrons. The standard InChI is InChI=1S/C12H16ClNO2/c1-2-3-8(7-12(15)16)9-4-5-10(13)11(14)6-9/h4-6,8H,2-3,7,14H2,1H3,(H,15,16). The van der Waals surface area contributed by atoms with E-state index in [0.29, 0.717) is 10.7 Å². The molecule has 3 N–H and O–H groups in total. The number of benzene rings is 1. The van der Waals surface area contributed by atoms with Crippen molar-refractivity contribution < 1.29 is 9.90 Å². The van der Waals surface area contributed by atoms with Gasteiger partial charge in [0.2, 0.25) is 0 Å². The summed E-state index contributed by atoms with van der Waals surface area (Å²) in [6, 6.07) is 5.34. The molecule has 0 bridgehead atoms. The van der Waals surface area contributed by atoms with E-state index in [1.807, 2.05) is 13.0 Å². The molecule has 0 amide bonds. The van der Waals surface area contributed by atoms with Crippen molar-refractivity contribution in [3.63, 3.8) is 0 Å². The highest BCUT2D eigenvalue weighted by molar-refractivity contribution is 6.33. The van der Waals surface area contributed by atoms with E-state index in [1.165, 1.54) is 0 Å². The Labute approximate surface area is 100 Å². The lowest BCUT2D eigenvalue weighted by Gasteiger charge is -2.15. The molecule has 0 saturated carbocycles. The second-order valence-corrected chi connectivity index (χ2v) is 4.27. The predicted octanol–water partition coefficient (Wildman–Crippen LogP) is 3.28. The van der Waals surface area contributed by atoms with Crippen LogP contribution in [0.5, 0.6) is 0 Å². The van der Waals surface area contributed by atoms with Crippen molar-refractivity contribution in [3.8, 4) is 0 Å². The van der Waals surface area contributed by atoms with Crippen LogP contribution in [0.1, 0.15) is 37.7 Å². The average molecular weight is 242 g/mol. The maximum Gasteiger partial charge on any atom is 0.303 e. The van der Waals surface area contributed by atoms with E-state index >= 15 is 0 Å². The van der Waals surface area contributed by atoms with Gasteiger partial charge in [-0.1, -0.05) is 31.0 Å².